The molecule has 1 aromatic heterocycles. The molecule has 0 spiro atoms. The zero-order valence-corrected chi connectivity index (χ0v) is 16.6. The Morgan fingerprint density at radius 3 is 2.74 bits per heavy atom. The molecule has 0 aliphatic rings. The van der Waals surface area contributed by atoms with E-state index in [1.165, 1.54) is 18.0 Å². The van der Waals surface area contributed by atoms with E-state index in [-0.39, 0.29) is 11.7 Å². The number of benzene rings is 2. The van der Waals surface area contributed by atoms with Crippen molar-refractivity contribution in [3.63, 3.8) is 0 Å². The minimum atomic E-state index is -0.269. The lowest BCUT2D eigenvalue weighted by Crippen LogP contribution is -2.20. The zero-order valence-electron chi connectivity index (χ0n) is 14.3. The van der Waals surface area contributed by atoms with Crippen LogP contribution in [0, 0.1) is 6.92 Å². The van der Waals surface area contributed by atoms with Crippen LogP contribution in [0.25, 0.3) is 5.69 Å². The standard InChI is InChI=1S/C18H15Cl2N5OS/c1-12-22-24-18(25(12)14-7-3-2-4-8-14)27-11-16(26)23-21-10-13-6-5-9-15(19)17(13)20/h2-10H,11H2,1H3,(H,23,26). The molecule has 9 heteroatoms. The first-order valence-corrected chi connectivity index (χ1v) is 9.66. The molecule has 0 unspecified atom stereocenters. The molecular weight excluding hydrogens is 405 g/mol. The summed E-state index contributed by atoms with van der Waals surface area (Å²) in [5, 5.41) is 13.6. The van der Waals surface area contributed by atoms with Crippen molar-refractivity contribution in [1.82, 2.24) is 20.2 Å². The number of hydrogen-bond acceptors (Lipinski definition) is 5. The summed E-state index contributed by atoms with van der Waals surface area (Å²) in [4.78, 5) is 12.1. The maximum Gasteiger partial charge on any atom is 0.250 e. The van der Waals surface area contributed by atoms with E-state index < -0.39 is 0 Å². The van der Waals surface area contributed by atoms with Gasteiger partial charge in [0.05, 0.1) is 22.0 Å². The third kappa shape index (κ3) is 4.88. The third-order valence-electron chi connectivity index (χ3n) is 3.52. The highest BCUT2D eigenvalue weighted by Crippen LogP contribution is 2.24. The molecule has 0 bridgehead atoms. The van der Waals surface area contributed by atoms with Crippen molar-refractivity contribution in [2.75, 3.05) is 5.75 Å². The van der Waals surface area contributed by atoms with Crippen LogP contribution in [0.1, 0.15) is 11.4 Å². The van der Waals surface area contributed by atoms with E-state index in [2.05, 4.69) is 20.7 Å². The van der Waals surface area contributed by atoms with Crippen LogP contribution >= 0.6 is 35.0 Å². The molecule has 3 aromatic rings. The van der Waals surface area contributed by atoms with Crippen LogP contribution in [0.3, 0.4) is 0 Å². The number of carbonyl (C=O) groups excluding carboxylic acids is 1. The van der Waals surface area contributed by atoms with Gasteiger partial charge >= 0.3 is 0 Å². The van der Waals surface area contributed by atoms with Crippen molar-refractivity contribution in [2.24, 2.45) is 5.10 Å². The molecular formula is C18H15Cl2N5OS. The Morgan fingerprint density at radius 2 is 1.96 bits per heavy atom. The molecule has 0 atom stereocenters. The quantitative estimate of drug-likeness (QED) is 0.370. The van der Waals surface area contributed by atoms with E-state index in [1.54, 1.807) is 18.2 Å². The van der Waals surface area contributed by atoms with Gasteiger partial charge in [-0.15, -0.1) is 10.2 Å². The molecule has 1 amide bonds. The molecule has 0 radical (unpaired) electrons. The summed E-state index contributed by atoms with van der Waals surface area (Å²) >= 11 is 13.3. The van der Waals surface area contributed by atoms with Gasteiger partial charge in [0, 0.05) is 11.3 Å². The number of halogens is 2. The van der Waals surface area contributed by atoms with E-state index in [0.717, 1.165) is 11.5 Å². The summed E-state index contributed by atoms with van der Waals surface area (Å²) in [7, 11) is 0. The van der Waals surface area contributed by atoms with Crippen molar-refractivity contribution in [1.29, 1.82) is 0 Å². The van der Waals surface area contributed by atoms with Crippen molar-refractivity contribution in [2.45, 2.75) is 12.1 Å². The number of nitrogens with zero attached hydrogens (tertiary/aromatic N) is 4. The van der Waals surface area contributed by atoms with Gasteiger partial charge in [0.15, 0.2) is 5.16 Å². The van der Waals surface area contributed by atoms with Gasteiger partial charge in [0.25, 0.3) is 5.91 Å². The topological polar surface area (TPSA) is 72.2 Å². The van der Waals surface area contributed by atoms with E-state index in [9.17, 15) is 4.79 Å². The minimum absolute atomic E-state index is 0.144. The van der Waals surface area contributed by atoms with E-state index in [0.29, 0.717) is 20.8 Å². The van der Waals surface area contributed by atoms with Crippen LogP contribution < -0.4 is 5.43 Å². The summed E-state index contributed by atoms with van der Waals surface area (Å²) in [6.45, 7) is 1.86. The van der Waals surface area contributed by atoms with Crippen molar-refractivity contribution >= 4 is 47.1 Å². The first-order chi connectivity index (χ1) is 13.1. The molecule has 6 nitrogen and oxygen atoms in total. The molecule has 0 aliphatic heterocycles. The average Bonchev–Trinajstić information content (AvgIpc) is 3.04. The van der Waals surface area contributed by atoms with Gasteiger partial charge in [-0.3, -0.25) is 9.36 Å². The van der Waals surface area contributed by atoms with E-state index in [1.807, 2.05) is 41.8 Å². The summed E-state index contributed by atoms with van der Waals surface area (Å²) in [5.74, 6) is 0.623. The molecule has 0 fully saturated rings. The highest BCUT2D eigenvalue weighted by Gasteiger charge is 2.13. The maximum absolute atomic E-state index is 12.1. The Balaban J connectivity index is 1.60. The summed E-state index contributed by atoms with van der Waals surface area (Å²) in [6.07, 6.45) is 1.45. The number of hydrazone groups is 1. The molecule has 2 aromatic carbocycles. The third-order valence-corrected chi connectivity index (χ3v) is 5.28. The lowest BCUT2D eigenvalue weighted by molar-refractivity contribution is -0.118. The normalized spacial score (nSPS) is 11.1. The lowest BCUT2D eigenvalue weighted by atomic mass is 10.2. The van der Waals surface area contributed by atoms with Gasteiger partial charge < -0.3 is 0 Å². The van der Waals surface area contributed by atoms with Crippen LogP contribution in [0.15, 0.2) is 58.8 Å². The fourth-order valence-corrected chi connectivity index (χ4v) is 3.41. The van der Waals surface area contributed by atoms with Gasteiger partial charge in [0.1, 0.15) is 5.82 Å². The number of para-hydroxylation sites is 1. The Hall–Kier alpha value is -2.35. The smallest absolute Gasteiger partial charge is 0.250 e. The first kappa shape index (κ1) is 19.4. The molecule has 1 N–H and O–H groups in total. The molecule has 3 rings (SSSR count). The zero-order chi connectivity index (χ0) is 19.2. The SMILES string of the molecule is Cc1nnc(SCC(=O)NN=Cc2cccc(Cl)c2Cl)n1-c1ccccc1. The lowest BCUT2D eigenvalue weighted by Gasteiger charge is -2.07. The highest BCUT2D eigenvalue weighted by atomic mass is 35.5. The second kappa shape index (κ2) is 9.03. The maximum atomic E-state index is 12.1. The van der Waals surface area contributed by atoms with Gasteiger partial charge in [-0.2, -0.15) is 5.10 Å². The van der Waals surface area contributed by atoms with Crippen LogP contribution in [0.4, 0.5) is 0 Å². The van der Waals surface area contributed by atoms with Gasteiger partial charge in [-0.25, -0.2) is 5.43 Å². The van der Waals surface area contributed by atoms with E-state index in [4.69, 9.17) is 23.2 Å². The number of aromatic nitrogens is 3. The second-order valence-electron chi connectivity index (χ2n) is 5.43. The largest absolute Gasteiger partial charge is 0.274 e. The predicted octanol–water partition coefficient (Wildman–Crippen LogP) is 4.12. The van der Waals surface area contributed by atoms with Gasteiger partial charge in [-0.05, 0) is 25.1 Å². The van der Waals surface area contributed by atoms with Crippen molar-refractivity contribution in [3.8, 4) is 5.69 Å². The average molecular weight is 420 g/mol. The highest BCUT2D eigenvalue weighted by molar-refractivity contribution is 7.99. The van der Waals surface area contributed by atoms with Gasteiger partial charge in [0.2, 0.25) is 0 Å². The van der Waals surface area contributed by atoms with Crippen molar-refractivity contribution in [3.05, 3.63) is 70.0 Å². The molecule has 1 heterocycles. The molecule has 138 valence electrons. The van der Waals surface area contributed by atoms with Crippen LogP contribution in [0.5, 0.6) is 0 Å². The number of hydrogen-bond donors (Lipinski definition) is 1. The summed E-state index contributed by atoms with van der Waals surface area (Å²) in [5.41, 5.74) is 4.03. The Bertz CT molecular complexity index is 975. The number of rotatable bonds is 6. The Morgan fingerprint density at radius 1 is 1.19 bits per heavy atom. The summed E-state index contributed by atoms with van der Waals surface area (Å²) < 4.78 is 1.90. The Kier molecular flexibility index (Phi) is 6.49. The number of nitrogens with one attached hydrogen (secondary N) is 1. The van der Waals surface area contributed by atoms with E-state index >= 15 is 0 Å². The fourth-order valence-electron chi connectivity index (χ4n) is 2.27. The fraction of sp³-hybridized carbons (Fsp3) is 0.111. The molecule has 0 saturated heterocycles. The van der Waals surface area contributed by atoms with Gasteiger partial charge in [-0.1, -0.05) is 65.3 Å². The molecule has 0 saturated carbocycles. The van der Waals surface area contributed by atoms with Crippen molar-refractivity contribution < 1.29 is 4.79 Å². The van der Waals surface area contributed by atoms with Crippen LogP contribution in [0.2, 0.25) is 10.0 Å². The monoisotopic (exact) mass is 419 g/mol. The van der Waals surface area contributed by atoms with Crippen LogP contribution in [-0.2, 0) is 4.79 Å². The number of carbonyl (C=O) groups is 1. The molecule has 27 heavy (non-hydrogen) atoms. The predicted molar refractivity (Wildman–Crippen MR) is 109 cm³/mol. The second-order valence-corrected chi connectivity index (χ2v) is 7.15. The van der Waals surface area contributed by atoms with Crippen LogP contribution in [-0.4, -0.2) is 32.6 Å². The summed E-state index contributed by atoms with van der Waals surface area (Å²) in [6, 6.07) is 14.9. The Labute approximate surface area is 170 Å². The minimum Gasteiger partial charge on any atom is -0.274 e. The number of amides is 1. The number of thioether (sulfide) groups is 1. The number of aryl methyl sites for hydroxylation is 1. The molecule has 0 aliphatic carbocycles. The first-order valence-electron chi connectivity index (χ1n) is 7.92.